The molecule has 0 aliphatic carbocycles. The molecule has 3 N–H and O–H groups in total. The first-order chi connectivity index (χ1) is 8.51. The van der Waals surface area contributed by atoms with Gasteiger partial charge in [0.2, 0.25) is 5.91 Å². The molecular weight excluding hydrogens is 251 g/mol. The lowest BCUT2D eigenvalue weighted by molar-refractivity contribution is -0.120. The number of amides is 1. The van der Waals surface area contributed by atoms with Crippen molar-refractivity contribution in [2.75, 3.05) is 5.32 Å². The third-order valence-electron chi connectivity index (χ3n) is 2.87. The molecule has 0 saturated heterocycles. The first-order valence-electron chi connectivity index (χ1n) is 5.90. The van der Waals surface area contributed by atoms with E-state index in [1.807, 2.05) is 13.8 Å². The zero-order valence-corrected chi connectivity index (χ0v) is 11.3. The van der Waals surface area contributed by atoms with Crippen LogP contribution in [0.25, 0.3) is 0 Å². The molecule has 1 amide bonds. The Balaban J connectivity index is 3.01. The number of hydrogen-bond donors (Lipinski definition) is 2. The highest BCUT2D eigenvalue weighted by Gasteiger charge is 2.17. The summed E-state index contributed by atoms with van der Waals surface area (Å²) in [5.41, 5.74) is 5.89. The van der Waals surface area contributed by atoms with Crippen LogP contribution in [0.15, 0.2) is 18.2 Å². The highest BCUT2D eigenvalue weighted by Crippen LogP contribution is 2.20. The molecule has 0 saturated carbocycles. The summed E-state index contributed by atoms with van der Waals surface area (Å²) in [7, 11) is 0. The van der Waals surface area contributed by atoms with Crippen molar-refractivity contribution in [1.82, 2.24) is 0 Å². The number of anilines is 1. The number of rotatable bonds is 5. The molecule has 18 heavy (non-hydrogen) atoms. The molecule has 0 spiro atoms. The van der Waals surface area contributed by atoms with Crippen LogP contribution < -0.4 is 11.1 Å². The lowest BCUT2D eigenvalue weighted by atomic mass is 10.0. The van der Waals surface area contributed by atoms with Gasteiger partial charge in [-0.1, -0.05) is 32.1 Å². The second kappa shape index (κ2) is 6.44. The van der Waals surface area contributed by atoms with Gasteiger partial charge in [0.25, 0.3) is 0 Å². The molecule has 0 fully saturated rings. The topological polar surface area (TPSA) is 55.1 Å². The first kappa shape index (κ1) is 14.6. The van der Waals surface area contributed by atoms with E-state index in [1.54, 1.807) is 6.07 Å². The molecule has 1 aromatic carbocycles. The average Bonchev–Trinajstić information content (AvgIpc) is 2.30. The molecule has 0 radical (unpaired) electrons. The minimum absolute atomic E-state index is 0.0621. The van der Waals surface area contributed by atoms with Gasteiger partial charge in [-0.05, 0) is 25.0 Å². The van der Waals surface area contributed by atoms with Crippen molar-refractivity contribution in [2.45, 2.75) is 26.7 Å². The van der Waals surface area contributed by atoms with Gasteiger partial charge in [0.15, 0.2) is 0 Å². The van der Waals surface area contributed by atoms with Crippen LogP contribution in [0.5, 0.6) is 0 Å². The van der Waals surface area contributed by atoms with Gasteiger partial charge in [0.05, 0.1) is 11.3 Å². The summed E-state index contributed by atoms with van der Waals surface area (Å²) in [5, 5.41) is 2.69. The minimum atomic E-state index is -0.523. The summed E-state index contributed by atoms with van der Waals surface area (Å²) < 4.78 is 13.6. The molecule has 0 unspecified atom stereocenters. The largest absolute Gasteiger partial charge is 0.389 e. The van der Waals surface area contributed by atoms with Crippen LogP contribution >= 0.6 is 12.2 Å². The fraction of sp³-hybridized carbons (Fsp3) is 0.385. The molecule has 98 valence electrons. The van der Waals surface area contributed by atoms with Crippen molar-refractivity contribution in [3.63, 3.8) is 0 Å². The van der Waals surface area contributed by atoms with E-state index < -0.39 is 5.82 Å². The van der Waals surface area contributed by atoms with Crippen molar-refractivity contribution in [3.8, 4) is 0 Å². The normalized spacial score (nSPS) is 10.4. The number of thiocarbonyl (C=S) groups is 1. The fourth-order valence-corrected chi connectivity index (χ4v) is 1.98. The average molecular weight is 268 g/mol. The summed E-state index contributed by atoms with van der Waals surface area (Å²) in [5.74, 6) is -0.750. The molecule has 0 aliphatic heterocycles. The Morgan fingerprint density at radius 1 is 1.44 bits per heavy atom. The van der Waals surface area contributed by atoms with Gasteiger partial charge in [-0.15, -0.1) is 0 Å². The third kappa shape index (κ3) is 3.26. The number of carbonyl (C=O) groups is 1. The van der Waals surface area contributed by atoms with Crippen molar-refractivity contribution < 1.29 is 9.18 Å². The third-order valence-corrected chi connectivity index (χ3v) is 3.08. The van der Waals surface area contributed by atoms with E-state index in [1.165, 1.54) is 12.1 Å². The molecule has 3 nitrogen and oxygen atoms in total. The lowest BCUT2D eigenvalue weighted by Crippen LogP contribution is -2.24. The van der Waals surface area contributed by atoms with E-state index in [-0.39, 0.29) is 22.4 Å². The van der Waals surface area contributed by atoms with Crippen LogP contribution in [0.3, 0.4) is 0 Å². The molecule has 1 rings (SSSR count). The van der Waals surface area contributed by atoms with Crippen molar-refractivity contribution in [3.05, 3.63) is 29.6 Å². The monoisotopic (exact) mass is 268 g/mol. The van der Waals surface area contributed by atoms with Crippen molar-refractivity contribution >= 4 is 28.8 Å². The summed E-state index contributed by atoms with van der Waals surface area (Å²) in [6.07, 6.45) is 1.47. The molecule has 5 heteroatoms. The van der Waals surface area contributed by atoms with Crippen molar-refractivity contribution in [1.29, 1.82) is 0 Å². The summed E-state index contributed by atoms with van der Waals surface area (Å²) in [4.78, 5) is 11.9. The van der Waals surface area contributed by atoms with Crippen LogP contribution in [0.4, 0.5) is 10.1 Å². The molecule has 0 bridgehead atoms. The predicted octanol–water partition coefficient (Wildman–Crippen LogP) is 2.83. The van der Waals surface area contributed by atoms with E-state index >= 15 is 0 Å². The lowest BCUT2D eigenvalue weighted by Gasteiger charge is -2.15. The van der Waals surface area contributed by atoms with Gasteiger partial charge in [-0.3, -0.25) is 4.79 Å². The molecule has 0 atom stereocenters. The minimum Gasteiger partial charge on any atom is -0.389 e. The first-order valence-corrected chi connectivity index (χ1v) is 6.31. The highest BCUT2D eigenvalue weighted by molar-refractivity contribution is 7.80. The Labute approximate surface area is 112 Å². The van der Waals surface area contributed by atoms with E-state index in [9.17, 15) is 9.18 Å². The number of halogens is 1. The maximum atomic E-state index is 13.6. The predicted molar refractivity (Wildman–Crippen MR) is 75.0 cm³/mol. The Morgan fingerprint density at radius 2 is 2.06 bits per heavy atom. The highest BCUT2D eigenvalue weighted by atomic mass is 32.1. The van der Waals surface area contributed by atoms with Gasteiger partial charge in [-0.25, -0.2) is 4.39 Å². The Bertz CT molecular complexity index is 458. The van der Waals surface area contributed by atoms with Gasteiger partial charge in [-0.2, -0.15) is 0 Å². The van der Waals surface area contributed by atoms with Crippen LogP contribution in [-0.4, -0.2) is 10.9 Å². The van der Waals surface area contributed by atoms with E-state index in [4.69, 9.17) is 18.0 Å². The Kier molecular flexibility index (Phi) is 5.22. The van der Waals surface area contributed by atoms with E-state index in [2.05, 4.69) is 5.32 Å². The number of carbonyl (C=O) groups excluding carboxylic acids is 1. The fourth-order valence-electron chi connectivity index (χ4n) is 1.77. The quantitative estimate of drug-likeness (QED) is 0.807. The summed E-state index contributed by atoms with van der Waals surface area (Å²) in [6, 6.07) is 4.37. The second-order valence-electron chi connectivity index (χ2n) is 4.03. The maximum Gasteiger partial charge on any atom is 0.227 e. The number of nitrogens with one attached hydrogen (secondary N) is 1. The second-order valence-corrected chi connectivity index (χ2v) is 4.47. The SMILES string of the molecule is CCC(CC)C(=O)Nc1cccc(F)c1C(N)=S. The maximum absolute atomic E-state index is 13.6. The summed E-state index contributed by atoms with van der Waals surface area (Å²) in [6.45, 7) is 3.88. The Hall–Kier alpha value is -1.49. The number of hydrogen-bond acceptors (Lipinski definition) is 2. The van der Waals surface area contributed by atoms with Gasteiger partial charge in [0.1, 0.15) is 10.8 Å². The van der Waals surface area contributed by atoms with Gasteiger partial charge >= 0.3 is 0 Å². The van der Waals surface area contributed by atoms with Gasteiger partial charge in [0, 0.05) is 5.92 Å². The summed E-state index contributed by atoms with van der Waals surface area (Å²) >= 11 is 4.80. The Morgan fingerprint density at radius 3 is 2.56 bits per heavy atom. The molecule has 0 aromatic heterocycles. The van der Waals surface area contributed by atoms with Crippen LogP contribution in [-0.2, 0) is 4.79 Å². The number of nitrogens with two attached hydrogens (primary N) is 1. The molecule has 0 aliphatic rings. The van der Waals surface area contributed by atoms with Crippen LogP contribution in [0.2, 0.25) is 0 Å². The molecule has 1 aromatic rings. The van der Waals surface area contributed by atoms with Crippen LogP contribution in [0.1, 0.15) is 32.3 Å². The van der Waals surface area contributed by atoms with Gasteiger partial charge < -0.3 is 11.1 Å². The zero-order chi connectivity index (χ0) is 13.7. The standard InChI is InChI=1S/C13H17FN2OS/c1-3-8(4-2)13(17)16-10-7-5-6-9(14)11(10)12(15)18/h5-8H,3-4H2,1-2H3,(H2,15,18)(H,16,17). The van der Waals surface area contributed by atoms with Crippen molar-refractivity contribution in [2.24, 2.45) is 11.7 Å². The number of benzene rings is 1. The molecular formula is C13H17FN2OS. The zero-order valence-electron chi connectivity index (χ0n) is 10.5. The van der Waals surface area contributed by atoms with E-state index in [0.717, 1.165) is 12.8 Å². The molecule has 0 heterocycles. The van der Waals surface area contributed by atoms with Crippen LogP contribution in [0, 0.1) is 11.7 Å². The smallest absolute Gasteiger partial charge is 0.227 e. The van der Waals surface area contributed by atoms with E-state index in [0.29, 0.717) is 5.69 Å².